The lowest BCUT2D eigenvalue weighted by Crippen LogP contribution is -2.37. The molecule has 0 radical (unpaired) electrons. The van der Waals surface area contributed by atoms with Crippen LogP contribution in [0.15, 0.2) is 42.5 Å². The van der Waals surface area contributed by atoms with Gasteiger partial charge in [-0.2, -0.15) is 0 Å². The third-order valence-electron chi connectivity index (χ3n) is 5.32. The number of rotatable bonds is 4. The van der Waals surface area contributed by atoms with Gasteiger partial charge < -0.3 is 5.32 Å². The van der Waals surface area contributed by atoms with Gasteiger partial charge in [0.25, 0.3) is 0 Å². The summed E-state index contributed by atoms with van der Waals surface area (Å²) in [6.45, 7) is 2.40. The summed E-state index contributed by atoms with van der Waals surface area (Å²) in [5, 5.41) is 6.38. The molecule has 1 aliphatic carbocycles. The molecule has 2 aromatic rings. The normalized spacial score (nSPS) is 24.1. The van der Waals surface area contributed by atoms with E-state index in [1.807, 2.05) is 0 Å². The highest BCUT2D eigenvalue weighted by atomic mass is 14.9. The van der Waals surface area contributed by atoms with E-state index in [-0.39, 0.29) is 0 Å². The molecule has 1 saturated carbocycles. The van der Waals surface area contributed by atoms with Crippen molar-refractivity contribution >= 4 is 10.8 Å². The second-order valence-corrected chi connectivity index (χ2v) is 6.76. The Bertz CT molecular complexity index is 576. The molecule has 3 rings (SSSR count). The Hall–Kier alpha value is -1.34. The Labute approximate surface area is 128 Å². The van der Waals surface area contributed by atoms with Crippen LogP contribution in [0, 0.1) is 11.8 Å². The molecule has 2 aromatic carbocycles. The van der Waals surface area contributed by atoms with E-state index in [1.165, 1.54) is 42.0 Å². The summed E-state index contributed by atoms with van der Waals surface area (Å²) < 4.78 is 0. The summed E-state index contributed by atoms with van der Waals surface area (Å²) in [6, 6.07) is 16.1. The van der Waals surface area contributed by atoms with Crippen LogP contribution in [0.25, 0.3) is 10.8 Å². The number of fused-ring (bicyclic) bond motifs is 1. The number of benzene rings is 2. The maximum atomic E-state index is 3.60. The van der Waals surface area contributed by atoms with Gasteiger partial charge in [0.2, 0.25) is 0 Å². The topological polar surface area (TPSA) is 12.0 Å². The zero-order chi connectivity index (χ0) is 14.7. The molecule has 0 heterocycles. The molecular formula is C20H27N. The first-order valence-electron chi connectivity index (χ1n) is 8.42. The van der Waals surface area contributed by atoms with E-state index in [2.05, 4.69) is 61.8 Å². The van der Waals surface area contributed by atoms with Crippen molar-refractivity contribution in [3.8, 4) is 0 Å². The minimum absolute atomic E-state index is 0.614. The minimum atomic E-state index is 0.614. The quantitative estimate of drug-likeness (QED) is 0.849. The van der Waals surface area contributed by atoms with Crippen LogP contribution in [-0.4, -0.2) is 13.1 Å². The number of nitrogens with one attached hydrogen (secondary N) is 1. The molecule has 0 saturated heterocycles. The second-order valence-electron chi connectivity index (χ2n) is 6.76. The highest BCUT2D eigenvalue weighted by Gasteiger charge is 2.25. The fraction of sp³-hybridized carbons (Fsp3) is 0.500. The molecule has 21 heavy (non-hydrogen) atoms. The van der Waals surface area contributed by atoms with Gasteiger partial charge in [0.15, 0.2) is 0 Å². The van der Waals surface area contributed by atoms with Crippen LogP contribution in [0.1, 0.15) is 38.2 Å². The van der Waals surface area contributed by atoms with E-state index in [9.17, 15) is 0 Å². The smallest absolute Gasteiger partial charge is 0.0133 e. The number of hydrogen-bond donors (Lipinski definition) is 1. The van der Waals surface area contributed by atoms with Crippen molar-refractivity contribution < 1.29 is 0 Å². The zero-order valence-electron chi connectivity index (χ0n) is 13.3. The molecule has 0 bridgehead atoms. The van der Waals surface area contributed by atoms with Crippen molar-refractivity contribution in [3.63, 3.8) is 0 Å². The van der Waals surface area contributed by atoms with Gasteiger partial charge >= 0.3 is 0 Å². The first-order chi connectivity index (χ1) is 10.3. The van der Waals surface area contributed by atoms with Gasteiger partial charge in [-0.15, -0.1) is 0 Å². The lowest BCUT2D eigenvalue weighted by atomic mass is 9.77. The Balaban J connectivity index is 1.79. The molecule has 1 heteroatoms. The third-order valence-corrected chi connectivity index (χ3v) is 5.32. The van der Waals surface area contributed by atoms with Crippen molar-refractivity contribution in [3.05, 3.63) is 48.0 Å². The predicted octanol–water partition coefficient (Wildman–Crippen LogP) is 4.80. The molecule has 0 spiro atoms. The molecule has 1 fully saturated rings. The lowest BCUT2D eigenvalue weighted by molar-refractivity contribution is 0.235. The maximum Gasteiger partial charge on any atom is 0.0133 e. The average Bonchev–Trinajstić information content (AvgIpc) is 2.54. The predicted molar refractivity (Wildman–Crippen MR) is 91.6 cm³/mol. The SMILES string of the molecule is CNC(Cc1cccc2ccccc12)C1CCC(C)CC1. The highest BCUT2D eigenvalue weighted by Crippen LogP contribution is 2.32. The van der Waals surface area contributed by atoms with Crippen molar-refractivity contribution in [2.24, 2.45) is 11.8 Å². The Morgan fingerprint density at radius 1 is 1.00 bits per heavy atom. The molecule has 1 N–H and O–H groups in total. The Kier molecular flexibility index (Phi) is 4.60. The van der Waals surface area contributed by atoms with E-state index in [0.29, 0.717) is 6.04 Å². The van der Waals surface area contributed by atoms with E-state index >= 15 is 0 Å². The first-order valence-corrected chi connectivity index (χ1v) is 8.42. The molecule has 0 aliphatic heterocycles. The molecule has 112 valence electrons. The summed E-state index contributed by atoms with van der Waals surface area (Å²) >= 11 is 0. The molecule has 0 amide bonds. The monoisotopic (exact) mass is 281 g/mol. The fourth-order valence-electron chi connectivity index (χ4n) is 3.90. The largest absolute Gasteiger partial charge is 0.316 e. The van der Waals surface area contributed by atoms with Crippen LogP contribution in [-0.2, 0) is 6.42 Å². The van der Waals surface area contributed by atoms with Gasteiger partial charge in [-0.05, 0) is 54.5 Å². The molecule has 1 atom stereocenters. The second kappa shape index (κ2) is 6.62. The van der Waals surface area contributed by atoms with Gasteiger partial charge in [0.05, 0.1) is 0 Å². The van der Waals surface area contributed by atoms with Crippen molar-refractivity contribution in [2.45, 2.75) is 45.1 Å². The van der Waals surface area contributed by atoms with E-state index < -0.39 is 0 Å². The van der Waals surface area contributed by atoms with E-state index in [1.54, 1.807) is 0 Å². The van der Waals surface area contributed by atoms with Crippen LogP contribution in [0.4, 0.5) is 0 Å². The Morgan fingerprint density at radius 2 is 1.71 bits per heavy atom. The minimum Gasteiger partial charge on any atom is -0.316 e. The van der Waals surface area contributed by atoms with Crippen LogP contribution < -0.4 is 5.32 Å². The van der Waals surface area contributed by atoms with E-state index in [4.69, 9.17) is 0 Å². The highest BCUT2D eigenvalue weighted by molar-refractivity contribution is 5.85. The number of likely N-dealkylation sites (N-methyl/N-ethyl adjacent to an activating group) is 1. The molecule has 1 unspecified atom stereocenters. The first kappa shape index (κ1) is 14.6. The number of hydrogen-bond acceptors (Lipinski definition) is 1. The van der Waals surface area contributed by atoms with E-state index in [0.717, 1.165) is 18.3 Å². The molecule has 0 aromatic heterocycles. The average molecular weight is 281 g/mol. The summed E-state index contributed by atoms with van der Waals surface area (Å²) in [5.41, 5.74) is 1.49. The zero-order valence-corrected chi connectivity index (χ0v) is 13.3. The third kappa shape index (κ3) is 3.29. The molecular weight excluding hydrogens is 254 g/mol. The van der Waals surface area contributed by atoms with Gasteiger partial charge in [-0.3, -0.25) is 0 Å². The van der Waals surface area contributed by atoms with Gasteiger partial charge in [0, 0.05) is 6.04 Å². The van der Waals surface area contributed by atoms with Crippen LogP contribution in [0.3, 0.4) is 0 Å². The maximum absolute atomic E-state index is 3.60. The summed E-state index contributed by atoms with van der Waals surface area (Å²) in [4.78, 5) is 0. The van der Waals surface area contributed by atoms with Crippen LogP contribution >= 0.6 is 0 Å². The van der Waals surface area contributed by atoms with Crippen LogP contribution in [0.2, 0.25) is 0 Å². The summed E-state index contributed by atoms with van der Waals surface area (Å²) in [5.74, 6) is 1.77. The molecule has 1 aliphatic rings. The summed E-state index contributed by atoms with van der Waals surface area (Å²) in [7, 11) is 2.13. The Morgan fingerprint density at radius 3 is 2.48 bits per heavy atom. The standard InChI is InChI=1S/C20H27N/c1-15-10-12-17(13-11-15)20(21-2)14-18-8-5-7-16-6-3-4-9-19(16)18/h3-9,15,17,20-21H,10-14H2,1-2H3. The van der Waals surface area contributed by atoms with Gasteiger partial charge in [-0.25, -0.2) is 0 Å². The fourth-order valence-corrected chi connectivity index (χ4v) is 3.90. The van der Waals surface area contributed by atoms with Crippen molar-refractivity contribution in [1.29, 1.82) is 0 Å². The van der Waals surface area contributed by atoms with Gasteiger partial charge in [-0.1, -0.05) is 62.2 Å². The van der Waals surface area contributed by atoms with Gasteiger partial charge in [0.1, 0.15) is 0 Å². The van der Waals surface area contributed by atoms with Crippen molar-refractivity contribution in [2.75, 3.05) is 7.05 Å². The van der Waals surface area contributed by atoms with Crippen LogP contribution in [0.5, 0.6) is 0 Å². The summed E-state index contributed by atoms with van der Waals surface area (Å²) in [6.07, 6.45) is 6.72. The van der Waals surface area contributed by atoms with Crippen molar-refractivity contribution in [1.82, 2.24) is 5.32 Å². The molecule has 1 nitrogen and oxygen atoms in total. The lowest BCUT2D eigenvalue weighted by Gasteiger charge is -2.33.